The molecule has 3 aromatic rings. The minimum absolute atomic E-state index is 0.100. The number of hydrogen-bond acceptors (Lipinski definition) is 7. The fraction of sp³-hybridized carbons (Fsp3) is 0.150. The summed E-state index contributed by atoms with van der Waals surface area (Å²) in [6.45, 7) is 0.329. The van der Waals surface area contributed by atoms with E-state index in [2.05, 4.69) is 15.5 Å². The first kappa shape index (κ1) is 20.6. The maximum absolute atomic E-state index is 12.0. The van der Waals surface area contributed by atoms with Crippen molar-refractivity contribution in [1.29, 1.82) is 0 Å². The van der Waals surface area contributed by atoms with Crippen molar-refractivity contribution >= 4 is 40.2 Å². The molecule has 0 radical (unpaired) electrons. The van der Waals surface area contributed by atoms with Gasteiger partial charge in [0.15, 0.2) is 16.6 Å². The number of nitrogens with one attached hydrogen (secondary N) is 1. The van der Waals surface area contributed by atoms with Crippen LogP contribution in [0, 0.1) is 0 Å². The van der Waals surface area contributed by atoms with Gasteiger partial charge in [0.2, 0.25) is 5.91 Å². The van der Waals surface area contributed by atoms with Crippen LogP contribution in [0.3, 0.4) is 0 Å². The molecule has 0 spiro atoms. The number of carbonyl (C=O) groups excluding carboxylic acids is 1. The summed E-state index contributed by atoms with van der Waals surface area (Å²) in [7, 11) is 1.56. The highest BCUT2D eigenvalue weighted by Gasteiger charge is 2.10. The lowest BCUT2D eigenvalue weighted by molar-refractivity contribution is -0.120. The third-order valence-corrected chi connectivity index (χ3v) is 4.80. The number of halogens is 1. The molecule has 3 rings (SSSR count). The van der Waals surface area contributed by atoms with Gasteiger partial charge in [0.25, 0.3) is 0 Å². The van der Waals surface area contributed by atoms with Crippen LogP contribution >= 0.6 is 22.9 Å². The SMILES string of the molecule is COc1cccc(/C=N/NC(=O)Cc2csc(N)n2)c1OCc1ccc(Cl)cc1. The van der Waals surface area contributed by atoms with Gasteiger partial charge in [0.05, 0.1) is 25.4 Å². The number of hydrazone groups is 1. The van der Waals surface area contributed by atoms with Crippen LogP contribution in [0.2, 0.25) is 5.02 Å². The summed E-state index contributed by atoms with van der Waals surface area (Å²) < 4.78 is 11.3. The molecule has 0 saturated carbocycles. The van der Waals surface area contributed by atoms with Gasteiger partial charge in [-0.15, -0.1) is 11.3 Å². The molecule has 150 valence electrons. The van der Waals surface area contributed by atoms with Gasteiger partial charge in [-0.25, -0.2) is 10.4 Å². The molecule has 3 N–H and O–H groups in total. The Morgan fingerprint density at radius 2 is 2.10 bits per heavy atom. The predicted molar refractivity (Wildman–Crippen MR) is 115 cm³/mol. The van der Waals surface area contributed by atoms with E-state index in [1.165, 1.54) is 17.6 Å². The molecule has 0 fully saturated rings. The molecule has 2 aromatic carbocycles. The number of nitrogen functional groups attached to an aromatic ring is 1. The molecule has 0 aliphatic rings. The maximum Gasteiger partial charge on any atom is 0.246 e. The first-order valence-corrected chi connectivity index (χ1v) is 9.87. The Hall–Kier alpha value is -3.10. The highest BCUT2D eigenvalue weighted by Crippen LogP contribution is 2.31. The van der Waals surface area contributed by atoms with E-state index in [-0.39, 0.29) is 12.3 Å². The molecular formula is C20H19ClN4O3S. The number of amides is 1. The van der Waals surface area contributed by atoms with Gasteiger partial charge < -0.3 is 15.2 Å². The minimum atomic E-state index is -0.293. The summed E-state index contributed by atoms with van der Waals surface area (Å²) >= 11 is 7.20. The molecule has 7 nitrogen and oxygen atoms in total. The molecule has 1 amide bonds. The van der Waals surface area contributed by atoms with E-state index >= 15 is 0 Å². The van der Waals surface area contributed by atoms with E-state index in [1.807, 2.05) is 24.3 Å². The van der Waals surface area contributed by atoms with Crippen LogP contribution in [0.15, 0.2) is 52.9 Å². The van der Waals surface area contributed by atoms with Gasteiger partial charge >= 0.3 is 0 Å². The largest absolute Gasteiger partial charge is 0.493 e. The first-order chi connectivity index (χ1) is 14.0. The van der Waals surface area contributed by atoms with Gasteiger partial charge in [0, 0.05) is 16.0 Å². The van der Waals surface area contributed by atoms with Crippen LogP contribution < -0.4 is 20.6 Å². The molecule has 29 heavy (non-hydrogen) atoms. The lowest BCUT2D eigenvalue weighted by Crippen LogP contribution is -2.20. The van der Waals surface area contributed by atoms with Crippen LogP contribution in [0.5, 0.6) is 11.5 Å². The standard InChI is InChI=1S/C20H19ClN4O3S/c1-27-17-4-2-3-14(19(17)28-11-13-5-7-15(21)8-6-13)10-23-25-18(26)9-16-12-29-20(22)24-16/h2-8,10,12H,9,11H2,1H3,(H2,22,24)(H,25,26)/b23-10+. The summed E-state index contributed by atoms with van der Waals surface area (Å²) in [5.74, 6) is 0.792. The van der Waals surface area contributed by atoms with Crippen LogP contribution in [-0.2, 0) is 17.8 Å². The highest BCUT2D eigenvalue weighted by molar-refractivity contribution is 7.13. The van der Waals surface area contributed by atoms with Crippen molar-refractivity contribution in [2.24, 2.45) is 5.10 Å². The van der Waals surface area contributed by atoms with Crippen molar-refractivity contribution in [1.82, 2.24) is 10.4 Å². The third kappa shape index (κ3) is 5.94. The van der Waals surface area contributed by atoms with E-state index in [0.717, 1.165) is 5.56 Å². The monoisotopic (exact) mass is 430 g/mol. The molecule has 0 aliphatic heterocycles. The van der Waals surface area contributed by atoms with E-state index < -0.39 is 0 Å². The van der Waals surface area contributed by atoms with E-state index in [9.17, 15) is 4.79 Å². The second-order valence-electron chi connectivity index (χ2n) is 5.94. The Morgan fingerprint density at radius 3 is 2.79 bits per heavy atom. The predicted octanol–water partition coefficient (Wildman–Crippen LogP) is 3.66. The smallest absolute Gasteiger partial charge is 0.246 e. The lowest BCUT2D eigenvalue weighted by Gasteiger charge is -2.13. The lowest BCUT2D eigenvalue weighted by atomic mass is 10.2. The van der Waals surface area contributed by atoms with E-state index in [4.69, 9.17) is 26.8 Å². The molecule has 0 saturated heterocycles. The second kappa shape index (κ2) is 9.90. The van der Waals surface area contributed by atoms with Crippen LogP contribution in [-0.4, -0.2) is 24.2 Å². The molecule has 0 aliphatic carbocycles. The van der Waals surface area contributed by atoms with Gasteiger partial charge in [-0.1, -0.05) is 29.8 Å². The number of aromatic nitrogens is 1. The molecule has 1 heterocycles. The third-order valence-electron chi connectivity index (χ3n) is 3.83. The zero-order valence-corrected chi connectivity index (χ0v) is 17.2. The molecule has 9 heteroatoms. The zero-order chi connectivity index (χ0) is 20.6. The average molecular weight is 431 g/mol. The molecule has 0 bridgehead atoms. The topological polar surface area (TPSA) is 98.8 Å². The Balaban J connectivity index is 1.66. The number of thiazole rings is 1. The summed E-state index contributed by atoms with van der Waals surface area (Å²) in [5, 5.41) is 6.84. The fourth-order valence-electron chi connectivity index (χ4n) is 2.47. The Labute approximate surface area is 177 Å². The quantitative estimate of drug-likeness (QED) is 0.419. The number of methoxy groups -OCH3 is 1. The molecule has 1 aromatic heterocycles. The van der Waals surface area contributed by atoms with Crippen LogP contribution in [0.1, 0.15) is 16.8 Å². The van der Waals surface area contributed by atoms with Crippen molar-refractivity contribution in [3.05, 3.63) is 69.7 Å². The number of rotatable bonds is 8. The Morgan fingerprint density at radius 1 is 1.31 bits per heavy atom. The number of carbonyl (C=O) groups is 1. The highest BCUT2D eigenvalue weighted by atomic mass is 35.5. The van der Waals surface area contributed by atoms with Crippen LogP contribution in [0.4, 0.5) is 5.13 Å². The number of hydrogen-bond donors (Lipinski definition) is 2. The number of nitrogens with two attached hydrogens (primary N) is 1. The number of nitrogens with zero attached hydrogens (tertiary/aromatic N) is 2. The van der Waals surface area contributed by atoms with Crippen molar-refractivity contribution in [2.45, 2.75) is 13.0 Å². The molecular weight excluding hydrogens is 412 g/mol. The molecule has 0 unspecified atom stereocenters. The van der Waals surface area contributed by atoms with Gasteiger partial charge in [-0.2, -0.15) is 5.10 Å². The van der Waals surface area contributed by atoms with Crippen molar-refractivity contribution in [3.8, 4) is 11.5 Å². The normalized spacial score (nSPS) is 10.8. The Kier molecular flexibility index (Phi) is 7.04. The van der Waals surface area contributed by atoms with Gasteiger partial charge in [0.1, 0.15) is 6.61 Å². The van der Waals surface area contributed by atoms with E-state index in [0.29, 0.717) is 39.5 Å². The van der Waals surface area contributed by atoms with Crippen molar-refractivity contribution < 1.29 is 14.3 Å². The summed E-state index contributed by atoms with van der Waals surface area (Å²) in [6.07, 6.45) is 1.61. The second-order valence-corrected chi connectivity index (χ2v) is 7.27. The zero-order valence-electron chi connectivity index (χ0n) is 15.6. The van der Waals surface area contributed by atoms with E-state index in [1.54, 1.807) is 30.7 Å². The minimum Gasteiger partial charge on any atom is -0.493 e. The maximum atomic E-state index is 12.0. The fourth-order valence-corrected chi connectivity index (χ4v) is 3.16. The first-order valence-electron chi connectivity index (χ1n) is 8.61. The number of anilines is 1. The summed E-state index contributed by atoms with van der Waals surface area (Å²) in [5.41, 5.74) is 10.3. The summed E-state index contributed by atoms with van der Waals surface area (Å²) in [6, 6.07) is 12.8. The molecule has 0 atom stereocenters. The van der Waals surface area contributed by atoms with Crippen molar-refractivity contribution in [3.63, 3.8) is 0 Å². The number of ether oxygens (including phenoxy) is 2. The van der Waals surface area contributed by atoms with Crippen molar-refractivity contribution in [2.75, 3.05) is 12.8 Å². The Bertz CT molecular complexity index is 1010. The number of benzene rings is 2. The van der Waals surface area contributed by atoms with Crippen LogP contribution in [0.25, 0.3) is 0 Å². The van der Waals surface area contributed by atoms with Gasteiger partial charge in [-0.3, -0.25) is 4.79 Å². The van der Waals surface area contributed by atoms with Gasteiger partial charge in [-0.05, 0) is 29.8 Å². The summed E-state index contributed by atoms with van der Waals surface area (Å²) in [4.78, 5) is 16.0. The average Bonchev–Trinajstić information content (AvgIpc) is 3.12. The number of para-hydroxylation sites is 1.